The first-order valence-electron chi connectivity index (χ1n) is 8.66. The topological polar surface area (TPSA) is 63.9 Å². The van der Waals surface area contributed by atoms with E-state index in [0.29, 0.717) is 30.2 Å². The summed E-state index contributed by atoms with van der Waals surface area (Å²) < 4.78 is 41.1. The molecule has 3 aromatic rings. The van der Waals surface area contributed by atoms with Crippen LogP contribution >= 0.6 is 0 Å². The molecule has 4 rings (SSSR count). The second kappa shape index (κ2) is 6.74. The summed E-state index contributed by atoms with van der Waals surface area (Å²) in [4.78, 5) is 18.5. The SMILES string of the molecule is Cc1c(CN2CCn3c(nnc3-c3ccccn3)C2=O)cccc1C(F)(F)F. The second-order valence-electron chi connectivity index (χ2n) is 6.53. The zero-order valence-electron chi connectivity index (χ0n) is 14.9. The molecule has 0 N–H and O–H groups in total. The first-order chi connectivity index (χ1) is 13.4. The molecule has 0 unspecified atom stereocenters. The average Bonchev–Trinajstić information content (AvgIpc) is 3.10. The van der Waals surface area contributed by atoms with Gasteiger partial charge in [-0.05, 0) is 36.2 Å². The number of pyridine rings is 1. The number of hydrogen-bond acceptors (Lipinski definition) is 4. The van der Waals surface area contributed by atoms with Crippen LogP contribution in [0.3, 0.4) is 0 Å². The third kappa shape index (κ3) is 3.12. The lowest BCUT2D eigenvalue weighted by atomic mass is 10.0. The van der Waals surface area contributed by atoms with Gasteiger partial charge in [-0.2, -0.15) is 13.2 Å². The van der Waals surface area contributed by atoms with Crippen molar-refractivity contribution < 1.29 is 18.0 Å². The number of aromatic nitrogens is 4. The van der Waals surface area contributed by atoms with Crippen LogP contribution in [0.25, 0.3) is 11.5 Å². The molecule has 0 radical (unpaired) electrons. The van der Waals surface area contributed by atoms with Crippen LogP contribution in [0.15, 0.2) is 42.6 Å². The molecule has 0 saturated heterocycles. The summed E-state index contributed by atoms with van der Waals surface area (Å²) in [6.45, 7) is 2.30. The summed E-state index contributed by atoms with van der Waals surface area (Å²) in [7, 11) is 0. The lowest BCUT2D eigenvalue weighted by molar-refractivity contribution is -0.138. The number of benzene rings is 1. The number of alkyl halides is 3. The van der Waals surface area contributed by atoms with Gasteiger partial charge in [0.2, 0.25) is 5.82 Å². The monoisotopic (exact) mass is 387 g/mol. The molecule has 0 bridgehead atoms. The Hall–Kier alpha value is -3.23. The summed E-state index contributed by atoms with van der Waals surface area (Å²) in [5.41, 5.74) is 0.511. The molecule has 28 heavy (non-hydrogen) atoms. The maximum Gasteiger partial charge on any atom is 0.416 e. The van der Waals surface area contributed by atoms with Crippen LogP contribution in [-0.2, 0) is 19.3 Å². The number of amides is 1. The fraction of sp³-hybridized carbons (Fsp3) is 0.263. The maximum atomic E-state index is 13.1. The van der Waals surface area contributed by atoms with Crippen molar-refractivity contribution in [1.82, 2.24) is 24.6 Å². The van der Waals surface area contributed by atoms with E-state index in [0.717, 1.165) is 6.07 Å². The highest BCUT2D eigenvalue weighted by Crippen LogP contribution is 2.33. The van der Waals surface area contributed by atoms with Crippen LogP contribution in [0.5, 0.6) is 0 Å². The molecular formula is C19H16F3N5O. The van der Waals surface area contributed by atoms with E-state index in [1.54, 1.807) is 29.0 Å². The van der Waals surface area contributed by atoms with Crippen molar-refractivity contribution in [3.8, 4) is 11.5 Å². The summed E-state index contributed by atoms with van der Waals surface area (Å²) in [5.74, 6) is 0.299. The zero-order chi connectivity index (χ0) is 19.9. The summed E-state index contributed by atoms with van der Waals surface area (Å²) >= 11 is 0. The van der Waals surface area contributed by atoms with E-state index in [1.165, 1.54) is 17.9 Å². The Labute approximate surface area is 158 Å². The van der Waals surface area contributed by atoms with Crippen LogP contribution in [0.4, 0.5) is 13.2 Å². The number of halogens is 3. The van der Waals surface area contributed by atoms with Gasteiger partial charge in [0, 0.05) is 25.8 Å². The predicted octanol–water partition coefficient (Wildman–Crippen LogP) is 3.32. The Morgan fingerprint density at radius 2 is 1.82 bits per heavy atom. The Balaban J connectivity index is 1.61. The number of carbonyl (C=O) groups excluding carboxylic acids is 1. The van der Waals surface area contributed by atoms with Crippen molar-refractivity contribution in [2.24, 2.45) is 0 Å². The number of rotatable bonds is 3. The van der Waals surface area contributed by atoms with Crippen LogP contribution in [0.2, 0.25) is 0 Å². The molecule has 1 amide bonds. The van der Waals surface area contributed by atoms with E-state index in [1.807, 2.05) is 6.07 Å². The Kier molecular flexibility index (Phi) is 4.37. The zero-order valence-corrected chi connectivity index (χ0v) is 14.9. The molecule has 1 aromatic carbocycles. The molecule has 3 heterocycles. The van der Waals surface area contributed by atoms with Crippen LogP contribution in [-0.4, -0.2) is 37.1 Å². The number of hydrogen-bond donors (Lipinski definition) is 0. The normalized spacial score (nSPS) is 14.3. The van der Waals surface area contributed by atoms with Gasteiger partial charge in [-0.25, -0.2) is 0 Å². The summed E-state index contributed by atoms with van der Waals surface area (Å²) in [6, 6.07) is 9.39. The van der Waals surface area contributed by atoms with E-state index in [2.05, 4.69) is 15.2 Å². The standard InChI is InChI=1S/C19H16F3N5O/c1-12-13(5-4-6-14(12)19(20,21)22)11-26-9-10-27-16(15-7-2-3-8-23-15)24-25-17(27)18(26)28/h2-8H,9-11H2,1H3. The molecule has 0 atom stereocenters. The highest BCUT2D eigenvalue weighted by atomic mass is 19.4. The Morgan fingerprint density at radius 1 is 1.04 bits per heavy atom. The lowest BCUT2D eigenvalue weighted by Crippen LogP contribution is -2.40. The molecule has 1 aliphatic heterocycles. The highest BCUT2D eigenvalue weighted by Gasteiger charge is 2.34. The van der Waals surface area contributed by atoms with Gasteiger partial charge < -0.3 is 4.90 Å². The van der Waals surface area contributed by atoms with E-state index in [-0.39, 0.29) is 23.8 Å². The molecule has 2 aromatic heterocycles. The number of fused-ring (bicyclic) bond motifs is 1. The van der Waals surface area contributed by atoms with Gasteiger partial charge in [0.15, 0.2) is 5.82 Å². The van der Waals surface area contributed by atoms with E-state index in [4.69, 9.17) is 0 Å². The van der Waals surface area contributed by atoms with Gasteiger partial charge in [-0.3, -0.25) is 14.3 Å². The van der Waals surface area contributed by atoms with Gasteiger partial charge in [0.05, 0.1) is 5.56 Å². The summed E-state index contributed by atoms with van der Waals surface area (Å²) in [5, 5.41) is 8.07. The largest absolute Gasteiger partial charge is 0.416 e. The molecule has 0 saturated carbocycles. The van der Waals surface area contributed by atoms with Crippen molar-refractivity contribution in [3.63, 3.8) is 0 Å². The minimum absolute atomic E-state index is 0.0837. The molecule has 0 aliphatic carbocycles. The average molecular weight is 387 g/mol. The highest BCUT2D eigenvalue weighted by molar-refractivity contribution is 5.92. The molecule has 144 valence electrons. The van der Waals surface area contributed by atoms with Crippen LogP contribution in [0, 0.1) is 6.92 Å². The van der Waals surface area contributed by atoms with E-state index < -0.39 is 11.7 Å². The second-order valence-corrected chi connectivity index (χ2v) is 6.53. The van der Waals surface area contributed by atoms with Gasteiger partial charge in [0.1, 0.15) is 5.69 Å². The first-order valence-corrected chi connectivity index (χ1v) is 8.66. The Morgan fingerprint density at radius 3 is 2.54 bits per heavy atom. The number of nitrogens with zero attached hydrogens (tertiary/aromatic N) is 5. The smallest absolute Gasteiger partial charge is 0.330 e. The van der Waals surface area contributed by atoms with Crippen molar-refractivity contribution >= 4 is 5.91 Å². The first kappa shape index (κ1) is 18.1. The third-order valence-corrected chi connectivity index (χ3v) is 4.83. The van der Waals surface area contributed by atoms with E-state index in [9.17, 15) is 18.0 Å². The van der Waals surface area contributed by atoms with Gasteiger partial charge >= 0.3 is 6.18 Å². The van der Waals surface area contributed by atoms with Gasteiger partial charge in [-0.1, -0.05) is 18.2 Å². The van der Waals surface area contributed by atoms with Crippen LogP contribution < -0.4 is 0 Å². The quantitative estimate of drug-likeness (QED) is 0.692. The van der Waals surface area contributed by atoms with Crippen LogP contribution in [0.1, 0.15) is 27.3 Å². The molecule has 0 spiro atoms. The third-order valence-electron chi connectivity index (χ3n) is 4.83. The van der Waals surface area contributed by atoms with Gasteiger partial charge in [0.25, 0.3) is 5.91 Å². The minimum atomic E-state index is -4.43. The molecule has 1 aliphatic rings. The molecule has 6 nitrogen and oxygen atoms in total. The van der Waals surface area contributed by atoms with E-state index >= 15 is 0 Å². The molecular weight excluding hydrogens is 371 g/mol. The van der Waals surface area contributed by atoms with Crippen molar-refractivity contribution in [1.29, 1.82) is 0 Å². The minimum Gasteiger partial charge on any atom is -0.330 e. The van der Waals surface area contributed by atoms with Crippen molar-refractivity contribution in [2.75, 3.05) is 6.54 Å². The summed E-state index contributed by atoms with van der Waals surface area (Å²) in [6.07, 6.45) is -2.80. The number of carbonyl (C=O) groups is 1. The maximum absolute atomic E-state index is 13.1. The lowest BCUT2D eigenvalue weighted by Gasteiger charge is -2.28. The van der Waals surface area contributed by atoms with Crippen molar-refractivity contribution in [2.45, 2.75) is 26.2 Å². The Bertz CT molecular complexity index is 1030. The fourth-order valence-electron chi connectivity index (χ4n) is 3.34. The van der Waals surface area contributed by atoms with Crippen molar-refractivity contribution in [3.05, 3.63) is 65.1 Å². The van der Waals surface area contributed by atoms with Gasteiger partial charge in [-0.15, -0.1) is 10.2 Å². The predicted molar refractivity (Wildman–Crippen MR) is 94.2 cm³/mol. The molecule has 9 heteroatoms. The molecule has 0 fully saturated rings. The fourth-order valence-corrected chi connectivity index (χ4v) is 3.34.